The third kappa shape index (κ3) is 4.59. The highest BCUT2D eigenvalue weighted by Crippen LogP contribution is 2.51. The minimum absolute atomic E-state index is 0.0716. The van der Waals surface area contributed by atoms with Gasteiger partial charge in [-0.1, -0.05) is 11.6 Å². The van der Waals surface area contributed by atoms with Crippen LogP contribution in [0.15, 0.2) is 6.07 Å². The average molecular weight is 641 g/mol. The second kappa shape index (κ2) is 10.1. The summed E-state index contributed by atoms with van der Waals surface area (Å²) in [6.07, 6.45) is -3.52. The Bertz CT molecular complexity index is 1670. The van der Waals surface area contributed by atoms with Crippen molar-refractivity contribution in [1.82, 2.24) is 19.9 Å². The SMILES string of the molecule is Cc1cc(N)nc(-c2c(Cl)c3c4c(nc(OC[C@@]56CCCN5C[C@H](F)C6)nc4c2F)N(C)CCC2(COC2)O3)c1C(F)(F)F. The molecule has 15 heteroatoms. The second-order valence-corrected chi connectivity index (χ2v) is 12.7. The van der Waals surface area contributed by atoms with Crippen molar-refractivity contribution in [2.45, 2.75) is 56.1 Å². The molecule has 0 saturated carbocycles. The van der Waals surface area contributed by atoms with E-state index in [2.05, 4.69) is 19.9 Å². The van der Waals surface area contributed by atoms with Gasteiger partial charge >= 0.3 is 12.2 Å². The van der Waals surface area contributed by atoms with Crippen LogP contribution in [0.25, 0.3) is 22.2 Å². The first-order chi connectivity index (χ1) is 20.8. The molecule has 0 amide bonds. The number of hydrogen-bond acceptors (Lipinski definition) is 9. The van der Waals surface area contributed by atoms with Crippen molar-refractivity contribution in [1.29, 1.82) is 0 Å². The second-order valence-electron chi connectivity index (χ2n) is 12.3. The van der Waals surface area contributed by atoms with Crippen LogP contribution in [-0.2, 0) is 10.9 Å². The quantitative estimate of drug-likeness (QED) is 0.379. The fraction of sp³-hybridized carbons (Fsp3) is 0.552. The summed E-state index contributed by atoms with van der Waals surface area (Å²) in [7, 11) is 1.75. The molecule has 3 fully saturated rings. The molecule has 1 aromatic carbocycles. The van der Waals surface area contributed by atoms with Gasteiger partial charge in [0.05, 0.1) is 46.0 Å². The zero-order valence-electron chi connectivity index (χ0n) is 24.0. The smallest absolute Gasteiger partial charge is 0.418 e. The molecule has 3 aromatic rings. The monoisotopic (exact) mass is 640 g/mol. The van der Waals surface area contributed by atoms with E-state index >= 15 is 4.39 Å². The normalized spacial score (nSPS) is 24.6. The molecule has 4 aliphatic rings. The van der Waals surface area contributed by atoms with E-state index in [-0.39, 0.29) is 59.7 Å². The van der Waals surface area contributed by atoms with Gasteiger partial charge in [-0.15, -0.1) is 0 Å². The molecule has 2 aromatic heterocycles. The van der Waals surface area contributed by atoms with Crippen LogP contribution >= 0.6 is 11.6 Å². The molecule has 7 rings (SSSR count). The number of ether oxygens (including phenoxy) is 3. The predicted molar refractivity (Wildman–Crippen MR) is 152 cm³/mol. The van der Waals surface area contributed by atoms with Gasteiger partial charge in [-0.3, -0.25) is 4.90 Å². The van der Waals surface area contributed by atoms with Crippen molar-refractivity contribution >= 4 is 34.1 Å². The summed E-state index contributed by atoms with van der Waals surface area (Å²) in [5.41, 5.74) is 1.28. The molecule has 2 atom stereocenters. The van der Waals surface area contributed by atoms with Crippen molar-refractivity contribution in [2.75, 3.05) is 57.1 Å². The number of rotatable bonds is 4. The summed E-state index contributed by atoms with van der Waals surface area (Å²) in [6.45, 7) is 3.19. The fourth-order valence-electron chi connectivity index (χ4n) is 7.04. The number of halogens is 6. The third-order valence-electron chi connectivity index (χ3n) is 9.24. The largest absolute Gasteiger partial charge is 0.480 e. The molecule has 9 nitrogen and oxygen atoms in total. The minimum atomic E-state index is -4.91. The Morgan fingerprint density at radius 2 is 1.95 bits per heavy atom. The lowest BCUT2D eigenvalue weighted by Crippen LogP contribution is -2.56. The van der Waals surface area contributed by atoms with Crippen LogP contribution in [0.3, 0.4) is 0 Å². The number of fused-ring (bicyclic) bond motifs is 1. The number of nitrogen functional groups attached to an aromatic ring is 1. The molecule has 6 heterocycles. The molecule has 0 radical (unpaired) electrons. The Labute approximate surface area is 254 Å². The highest BCUT2D eigenvalue weighted by Gasteiger charge is 2.50. The van der Waals surface area contributed by atoms with Gasteiger partial charge in [0.15, 0.2) is 17.2 Å². The first kappa shape index (κ1) is 29.5. The van der Waals surface area contributed by atoms with Crippen molar-refractivity contribution in [3.63, 3.8) is 0 Å². The first-order valence-electron chi connectivity index (χ1n) is 14.4. The minimum Gasteiger partial charge on any atom is -0.480 e. The average Bonchev–Trinajstić information content (AvgIpc) is 3.43. The summed E-state index contributed by atoms with van der Waals surface area (Å²) >= 11 is 6.80. The van der Waals surface area contributed by atoms with Gasteiger partial charge < -0.3 is 24.8 Å². The molecule has 44 heavy (non-hydrogen) atoms. The van der Waals surface area contributed by atoms with Crippen LogP contribution in [-0.4, -0.2) is 83.7 Å². The van der Waals surface area contributed by atoms with Crippen LogP contribution < -0.4 is 20.1 Å². The zero-order valence-corrected chi connectivity index (χ0v) is 24.8. The third-order valence-corrected chi connectivity index (χ3v) is 9.60. The van der Waals surface area contributed by atoms with Crippen molar-refractivity contribution in [3.8, 4) is 23.0 Å². The standard InChI is InChI=1S/C29H30ClF5N6O3/c1-14-8-16(36)37-22(19(14)29(33,34)35)17-20(30)24-18-23(21(17)32)38-26(43-11-27-4-3-6-41(27)10-15(31)9-27)39-25(18)40(2)7-5-28(44-24)12-42-13-28/h8,15H,3-7,9-13H2,1-2H3,(H2,36,37)/t15-,27+/m1/s1. The van der Waals surface area contributed by atoms with Crippen molar-refractivity contribution in [3.05, 3.63) is 28.0 Å². The number of benzene rings is 1. The van der Waals surface area contributed by atoms with Crippen LogP contribution in [0.2, 0.25) is 5.02 Å². The number of pyridine rings is 1. The summed E-state index contributed by atoms with van der Waals surface area (Å²) in [4.78, 5) is 16.7. The number of alkyl halides is 4. The van der Waals surface area contributed by atoms with E-state index in [1.54, 1.807) is 11.9 Å². The lowest BCUT2D eigenvalue weighted by Gasteiger charge is -2.44. The summed E-state index contributed by atoms with van der Waals surface area (Å²) < 4.78 is 92.2. The molecule has 0 aliphatic carbocycles. The molecule has 1 spiro atoms. The van der Waals surface area contributed by atoms with Gasteiger partial charge in [0.25, 0.3) is 0 Å². The Kier molecular flexibility index (Phi) is 6.80. The van der Waals surface area contributed by atoms with E-state index in [0.29, 0.717) is 25.9 Å². The molecule has 236 valence electrons. The van der Waals surface area contributed by atoms with Crippen LogP contribution in [0, 0.1) is 12.7 Å². The van der Waals surface area contributed by atoms with Crippen molar-refractivity contribution in [2.24, 2.45) is 0 Å². The summed E-state index contributed by atoms with van der Waals surface area (Å²) in [6, 6.07) is 0.865. The number of aryl methyl sites for hydroxylation is 1. The molecule has 0 bridgehead atoms. The maximum absolute atomic E-state index is 16.8. The molecule has 3 saturated heterocycles. The van der Waals surface area contributed by atoms with Gasteiger partial charge in [-0.25, -0.2) is 13.8 Å². The molecule has 4 aliphatic heterocycles. The van der Waals surface area contributed by atoms with Gasteiger partial charge in [0, 0.05) is 33.0 Å². The van der Waals surface area contributed by atoms with E-state index in [4.69, 9.17) is 31.5 Å². The molecular weight excluding hydrogens is 611 g/mol. The van der Waals surface area contributed by atoms with E-state index in [0.717, 1.165) is 25.5 Å². The van der Waals surface area contributed by atoms with E-state index in [1.165, 1.54) is 6.92 Å². The Balaban J connectivity index is 1.45. The number of aromatic nitrogens is 3. The topological polar surface area (TPSA) is 98.9 Å². The van der Waals surface area contributed by atoms with Gasteiger partial charge in [-0.05, 0) is 37.9 Å². The van der Waals surface area contributed by atoms with Crippen LogP contribution in [0.5, 0.6) is 11.8 Å². The van der Waals surface area contributed by atoms with Gasteiger partial charge in [-0.2, -0.15) is 23.1 Å². The maximum atomic E-state index is 16.8. The Morgan fingerprint density at radius 1 is 1.18 bits per heavy atom. The van der Waals surface area contributed by atoms with Crippen molar-refractivity contribution < 1.29 is 36.2 Å². The number of nitrogens with zero attached hydrogens (tertiary/aromatic N) is 5. The summed E-state index contributed by atoms with van der Waals surface area (Å²) in [5.74, 6) is -1.26. The van der Waals surface area contributed by atoms with Crippen LogP contribution in [0.4, 0.5) is 33.6 Å². The number of nitrogens with two attached hydrogens (primary N) is 1. The van der Waals surface area contributed by atoms with E-state index in [1.807, 2.05) is 0 Å². The first-order valence-corrected chi connectivity index (χ1v) is 14.8. The Morgan fingerprint density at radius 3 is 2.66 bits per heavy atom. The highest BCUT2D eigenvalue weighted by atomic mass is 35.5. The predicted octanol–water partition coefficient (Wildman–Crippen LogP) is 5.34. The summed E-state index contributed by atoms with van der Waals surface area (Å²) in [5, 5.41) is -0.338. The lowest BCUT2D eigenvalue weighted by atomic mass is 9.94. The van der Waals surface area contributed by atoms with Gasteiger partial charge in [0.2, 0.25) is 0 Å². The lowest BCUT2D eigenvalue weighted by molar-refractivity contribution is -0.163. The maximum Gasteiger partial charge on any atom is 0.418 e. The number of anilines is 2. The number of hydrogen-bond donors (Lipinski definition) is 1. The molecule has 2 N–H and O–H groups in total. The van der Waals surface area contributed by atoms with E-state index in [9.17, 15) is 17.6 Å². The van der Waals surface area contributed by atoms with Gasteiger partial charge in [0.1, 0.15) is 29.9 Å². The Hall–Kier alpha value is -3.23. The zero-order chi connectivity index (χ0) is 31.2. The molecule has 0 unspecified atom stereocenters. The van der Waals surface area contributed by atoms with E-state index < -0.39 is 51.1 Å². The highest BCUT2D eigenvalue weighted by molar-refractivity contribution is 6.36. The van der Waals surface area contributed by atoms with Crippen LogP contribution in [0.1, 0.15) is 36.8 Å². The molecular formula is C29H30ClF5N6O3. The fourth-order valence-corrected chi connectivity index (χ4v) is 7.35.